The van der Waals surface area contributed by atoms with Crippen molar-refractivity contribution in [3.63, 3.8) is 0 Å². The van der Waals surface area contributed by atoms with E-state index in [4.69, 9.17) is 14.1 Å². The van der Waals surface area contributed by atoms with Crippen molar-refractivity contribution in [3.8, 4) is 28.4 Å². The number of anilines is 4. The normalized spacial score (nSPS) is 12.0. The molecule has 10 aromatic rings. The fraction of sp³-hybridized carbons (Fsp3) is 0.190. The predicted octanol–water partition coefficient (Wildman–Crippen LogP) is 16.6. The molecular weight excluding hydrogens is 785 g/mol. The van der Waals surface area contributed by atoms with Gasteiger partial charge in [-0.1, -0.05) is 121 Å². The van der Waals surface area contributed by atoms with Gasteiger partial charge in [-0.3, -0.25) is 4.57 Å². The lowest BCUT2D eigenvalue weighted by Gasteiger charge is -2.26. The molecule has 0 saturated heterocycles. The van der Waals surface area contributed by atoms with Crippen LogP contribution in [0.2, 0.25) is 0 Å². The van der Waals surface area contributed by atoms with Crippen LogP contribution in [0.1, 0.15) is 77.0 Å². The molecule has 0 fully saturated rings. The number of hydrogen-bond acceptors (Lipinski definition) is 5. The number of nitrogens with zero attached hydrogens (tertiary/aromatic N) is 3. The summed E-state index contributed by atoms with van der Waals surface area (Å²) in [5, 5.41) is 8.28. The number of para-hydroxylation sites is 4. The highest BCUT2D eigenvalue weighted by molar-refractivity contribution is 6.12. The largest absolute Gasteiger partial charge is 0.457 e. The number of rotatable bonds is 10. The second kappa shape index (κ2) is 16.1. The maximum atomic E-state index is 7.06. The number of furan rings is 1. The molecule has 318 valence electrons. The molecule has 0 atom stereocenters. The van der Waals surface area contributed by atoms with Gasteiger partial charge in [0.15, 0.2) is 0 Å². The summed E-state index contributed by atoms with van der Waals surface area (Å²) in [6, 6.07) is 55.7. The standard InChI is InChI=1S/C58H54N4O2/c1-36(2)43-19-15-20-44(37(3)4)56(43)38-31-40(61(8)51-24-13-11-21-48(51)60-49-22-16-26-54-57(49)47-18-10-14-25-53(47)64-54)34-42(32-38)63-41-27-28-46-45-17-9-12-23-50(45)62(52(46)35-41)55-33-39(29-30-59-55)58(5,6)7/h9-37,60H,1-8H3. The molecule has 0 saturated carbocycles. The number of nitrogens with one attached hydrogen (secondary N) is 1. The smallest absolute Gasteiger partial charge is 0.137 e. The van der Waals surface area contributed by atoms with Crippen LogP contribution in [-0.4, -0.2) is 16.6 Å². The lowest BCUT2D eigenvalue weighted by atomic mass is 9.85. The Morgan fingerprint density at radius 2 is 1.28 bits per heavy atom. The third-order valence-corrected chi connectivity index (χ3v) is 12.6. The molecule has 6 heteroatoms. The first-order valence-corrected chi connectivity index (χ1v) is 22.4. The Balaban J connectivity index is 1.11. The Morgan fingerprint density at radius 1 is 0.609 bits per heavy atom. The quantitative estimate of drug-likeness (QED) is 0.149. The van der Waals surface area contributed by atoms with Gasteiger partial charge in [-0.15, -0.1) is 0 Å². The van der Waals surface area contributed by atoms with Crippen LogP contribution in [0.5, 0.6) is 11.5 Å². The molecule has 6 nitrogen and oxygen atoms in total. The highest BCUT2D eigenvalue weighted by atomic mass is 16.5. The molecule has 0 aliphatic rings. The SMILES string of the molecule is CC(C)c1cccc(C(C)C)c1-c1cc(Oc2ccc3c4ccccc4n(-c4cc(C(C)(C)C)ccn4)c3c2)cc(N(C)c2ccccc2Nc2cccc3oc4ccccc4c23)c1. The van der Waals surface area contributed by atoms with Crippen molar-refractivity contribution in [1.29, 1.82) is 0 Å². The molecule has 0 bridgehead atoms. The Hall–Kier alpha value is -7.31. The third-order valence-electron chi connectivity index (χ3n) is 12.6. The first-order chi connectivity index (χ1) is 30.9. The van der Waals surface area contributed by atoms with Crippen LogP contribution in [0.4, 0.5) is 22.7 Å². The Bertz CT molecular complexity index is 3340. The molecule has 0 amide bonds. The molecule has 64 heavy (non-hydrogen) atoms. The van der Waals surface area contributed by atoms with Crippen molar-refractivity contribution in [2.75, 3.05) is 17.3 Å². The fourth-order valence-electron chi connectivity index (χ4n) is 9.30. The number of fused-ring (bicyclic) bond motifs is 6. The van der Waals surface area contributed by atoms with Crippen LogP contribution in [0.3, 0.4) is 0 Å². The van der Waals surface area contributed by atoms with E-state index in [1.165, 1.54) is 27.6 Å². The summed E-state index contributed by atoms with van der Waals surface area (Å²) < 4.78 is 15.6. The minimum Gasteiger partial charge on any atom is -0.457 e. The minimum absolute atomic E-state index is 0.0243. The Morgan fingerprint density at radius 3 is 2.06 bits per heavy atom. The van der Waals surface area contributed by atoms with Crippen LogP contribution >= 0.6 is 0 Å². The van der Waals surface area contributed by atoms with Crippen molar-refractivity contribution < 1.29 is 9.15 Å². The van der Waals surface area contributed by atoms with Crippen molar-refractivity contribution >= 4 is 66.5 Å². The number of benzene rings is 7. The summed E-state index contributed by atoms with van der Waals surface area (Å²) in [4.78, 5) is 7.18. The van der Waals surface area contributed by atoms with E-state index in [1.54, 1.807) is 0 Å². The van der Waals surface area contributed by atoms with Gasteiger partial charge in [0.1, 0.15) is 28.5 Å². The summed E-state index contributed by atoms with van der Waals surface area (Å²) in [5.74, 6) is 3.03. The van der Waals surface area contributed by atoms with E-state index >= 15 is 0 Å². The number of hydrogen-bond donors (Lipinski definition) is 1. The Kier molecular flexibility index (Phi) is 10.3. The average Bonchev–Trinajstić information content (AvgIpc) is 3.84. The first kappa shape index (κ1) is 40.7. The van der Waals surface area contributed by atoms with E-state index in [0.29, 0.717) is 11.8 Å². The average molecular weight is 839 g/mol. The number of ether oxygens (including phenoxy) is 1. The molecule has 0 radical (unpaired) electrons. The van der Waals surface area contributed by atoms with E-state index in [1.807, 2.05) is 30.5 Å². The van der Waals surface area contributed by atoms with E-state index in [9.17, 15) is 0 Å². The summed E-state index contributed by atoms with van der Waals surface area (Å²) in [6.07, 6.45) is 1.92. The second-order valence-corrected chi connectivity index (χ2v) is 18.6. The van der Waals surface area contributed by atoms with Crippen LogP contribution < -0.4 is 15.0 Å². The molecule has 0 aliphatic heterocycles. The summed E-state index contributed by atoms with van der Waals surface area (Å²) in [6.45, 7) is 15.8. The van der Waals surface area contributed by atoms with E-state index in [0.717, 1.165) is 84.0 Å². The van der Waals surface area contributed by atoms with Gasteiger partial charge in [0.05, 0.1) is 33.5 Å². The van der Waals surface area contributed by atoms with Gasteiger partial charge in [-0.05, 0) is 118 Å². The zero-order valence-electron chi connectivity index (χ0n) is 37.9. The van der Waals surface area contributed by atoms with Gasteiger partial charge in [-0.25, -0.2) is 4.98 Å². The highest BCUT2D eigenvalue weighted by Crippen LogP contribution is 2.44. The molecule has 0 unspecified atom stereocenters. The maximum Gasteiger partial charge on any atom is 0.137 e. The zero-order chi connectivity index (χ0) is 44.3. The van der Waals surface area contributed by atoms with Crippen molar-refractivity contribution in [1.82, 2.24) is 9.55 Å². The number of aromatic nitrogens is 2. The van der Waals surface area contributed by atoms with Crippen LogP contribution in [0.15, 0.2) is 168 Å². The first-order valence-electron chi connectivity index (χ1n) is 22.4. The molecule has 0 aliphatic carbocycles. The molecule has 1 N–H and O–H groups in total. The molecule has 0 spiro atoms. The zero-order valence-corrected chi connectivity index (χ0v) is 37.9. The summed E-state index contributed by atoms with van der Waals surface area (Å²) in [5.41, 5.74) is 14.1. The van der Waals surface area contributed by atoms with E-state index in [-0.39, 0.29) is 5.41 Å². The minimum atomic E-state index is -0.0243. The van der Waals surface area contributed by atoms with Gasteiger partial charge in [0.25, 0.3) is 0 Å². The van der Waals surface area contributed by atoms with Gasteiger partial charge >= 0.3 is 0 Å². The molecular formula is C58H54N4O2. The predicted molar refractivity (Wildman–Crippen MR) is 269 cm³/mol. The van der Waals surface area contributed by atoms with Gasteiger partial charge in [0, 0.05) is 47.2 Å². The van der Waals surface area contributed by atoms with E-state index in [2.05, 4.69) is 204 Å². The molecule has 7 aromatic carbocycles. The van der Waals surface area contributed by atoms with Gasteiger partial charge in [-0.2, -0.15) is 0 Å². The fourth-order valence-corrected chi connectivity index (χ4v) is 9.30. The second-order valence-electron chi connectivity index (χ2n) is 18.6. The van der Waals surface area contributed by atoms with Gasteiger partial charge < -0.3 is 19.4 Å². The molecule has 10 rings (SSSR count). The van der Waals surface area contributed by atoms with Crippen molar-refractivity contribution in [3.05, 3.63) is 181 Å². The van der Waals surface area contributed by atoms with Gasteiger partial charge in [0.2, 0.25) is 0 Å². The molecule has 3 aromatic heterocycles. The monoisotopic (exact) mass is 838 g/mol. The summed E-state index contributed by atoms with van der Waals surface area (Å²) in [7, 11) is 2.14. The highest BCUT2D eigenvalue weighted by Gasteiger charge is 2.22. The lowest BCUT2D eigenvalue weighted by Crippen LogP contribution is -2.12. The summed E-state index contributed by atoms with van der Waals surface area (Å²) >= 11 is 0. The lowest BCUT2D eigenvalue weighted by molar-refractivity contribution is 0.483. The number of pyridine rings is 1. The van der Waals surface area contributed by atoms with Crippen LogP contribution in [0, 0.1) is 0 Å². The maximum absolute atomic E-state index is 7.06. The van der Waals surface area contributed by atoms with Crippen molar-refractivity contribution in [2.24, 2.45) is 0 Å². The van der Waals surface area contributed by atoms with E-state index < -0.39 is 0 Å². The molecule has 3 heterocycles. The topological polar surface area (TPSA) is 55.5 Å². The van der Waals surface area contributed by atoms with Crippen LogP contribution in [0.25, 0.3) is 60.7 Å². The Labute approximate surface area is 375 Å². The van der Waals surface area contributed by atoms with Crippen molar-refractivity contribution in [2.45, 2.75) is 65.7 Å². The van der Waals surface area contributed by atoms with Crippen LogP contribution in [-0.2, 0) is 5.41 Å². The third kappa shape index (κ3) is 7.33.